The first kappa shape index (κ1) is 24.4. The Bertz CT molecular complexity index is 733. The lowest BCUT2D eigenvalue weighted by atomic mass is 10.1. The van der Waals surface area contributed by atoms with Gasteiger partial charge in [-0.2, -0.15) is 0 Å². The van der Waals surface area contributed by atoms with E-state index in [4.69, 9.17) is 14.2 Å². The smallest absolute Gasteiger partial charge is 0.232 e. The lowest BCUT2D eigenvalue weighted by Gasteiger charge is -2.08. The number of hydrogen-bond acceptors (Lipinski definition) is 6. The molecule has 0 saturated heterocycles. The van der Waals surface area contributed by atoms with E-state index in [2.05, 4.69) is 21.9 Å². The van der Waals surface area contributed by atoms with Gasteiger partial charge in [-0.05, 0) is 43.7 Å². The van der Waals surface area contributed by atoms with E-state index in [-0.39, 0.29) is 0 Å². The topological polar surface area (TPSA) is 66.4 Å². The summed E-state index contributed by atoms with van der Waals surface area (Å²) >= 11 is 0. The molecule has 0 bridgehead atoms. The highest BCUT2D eigenvalue weighted by molar-refractivity contribution is 5.53. The number of pyridine rings is 1. The SMILES string of the molecule is CCCCOCCCCOc1ccc(-c2cnc(OCCCCCCC3CC3)cn2)nc1. The second-order valence-corrected chi connectivity index (χ2v) is 8.64. The van der Waals surface area contributed by atoms with Crippen LogP contribution in [0.15, 0.2) is 30.7 Å². The van der Waals surface area contributed by atoms with Crippen LogP contribution in [0, 0.1) is 5.92 Å². The molecule has 32 heavy (non-hydrogen) atoms. The molecule has 0 amide bonds. The van der Waals surface area contributed by atoms with Gasteiger partial charge in [0, 0.05) is 13.2 Å². The van der Waals surface area contributed by atoms with Gasteiger partial charge in [-0.25, -0.2) is 9.97 Å². The summed E-state index contributed by atoms with van der Waals surface area (Å²) in [6.07, 6.45) is 18.7. The third-order valence-corrected chi connectivity index (χ3v) is 5.67. The maximum absolute atomic E-state index is 5.76. The molecule has 0 aliphatic heterocycles. The van der Waals surface area contributed by atoms with E-state index in [1.807, 2.05) is 12.1 Å². The highest BCUT2D eigenvalue weighted by atomic mass is 16.5. The van der Waals surface area contributed by atoms with Crippen molar-refractivity contribution in [1.29, 1.82) is 0 Å². The Morgan fingerprint density at radius 1 is 0.719 bits per heavy atom. The predicted octanol–water partition coefficient (Wildman–Crippen LogP) is 6.25. The molecule has 6 heteroatoms. The van der Waals surface area contributed by atoms with Gasteiger partial charge in [0.25, 0.3) is 0 Å². The van der Waals surface area contributed by atoms with Crippen LogP contribution in [0.5, 0.6) is 11.6 Å². The minimum absolute atomic E-state index is 0.574. The van der Waals surface area contributed by atoms with Gasteiger partial charge in [0.2, 0.25) is 5.88 Å². The van der Waals surface area contributed by atoms with Crippen LogP contribution >= 0.6 is 0 Å². The third kappa shape index (κ3) is 9.94. The van der Waals surface area contributed by atoms with E-state index in [1.165, 1.54) is 44.9 Å². The molecule has 1 aliphatic carbocycles. The largest absolute Gasteiger partial charge is 0.492 e. The average Bonchev–Trinajstić information content (AvgIpc) is 3.65. The third-order valence-electron chi connectivity index (χ3n) is 5.67. The van der Waals surface area contributed by atoms with E-state index in [0.717, 1.165) is 62.0 Å². The van der Waals surface area contributed by atoms with Gasteiger partial charge in [-0.3, -0.25) is 4.98 Å². The summed E-state index contributed by atoms with van der Waals surface area (Å²) in [5, 5.41) is 0. The highest BCUT2D eigenvalue weighted by Crippen LogP contribution is 2.34. The first-order chi connectivity index (χ1) is 15.8. The van der Waals surface area contributed by atoms with Crippen LogP contribution in [0.4, 0.5) is 0 Å². The molecule has 3 rings (SSSR count). The number of nitrogens with zero attached hydrogens (tertiary/aromatic N) is 3. The lowest BCUT2D eigenvalue weighted by molar-refractivity contribution is 0.123. The Balaban J connectivity index is 1.27. The summed E-state index contributed by atoms with van der Waals surface area (Å²) in [5.74, 6) is 2.39. The van der Waals surface area contributed by atoms with Crippen molar-refractivity contribution in [2.75, 3.05) is 26.4 Å². The molecule has 0 N–H and O–H groups in total. The molecule has 2 heterocycles. The van der Waals surface area contributed by atoms with Gasteiger partial charge >= 0.3 is 0 Å². The van der Waals surface area contributed by atoms with E-state index in [0.29, 0.717) is 19.1 Å². The molecule has 0 atom stereocenters. The van der Waals surface area contributed by atoms with Crippen LogP contribution in [-0.4, -0.2) is 41.4 Å². The van der Waals surface area contributed by atoms with Crippen molar-refractivity contribution in [3.05, 3.63) is 30.7 Å². The molecule has 2 aromatic heterocycles. The van der Waals surface area contributed by atoms with Gasteiger partial charge in [-0.1, -0.05) is 51.9 Å². The Morgan fingerprint density at radius 2 is 1.47 bits per heavy atom. The molecular weight excluding hydrogens is 402 g/mol. The minimum atomic E-state index is 0.574. The van der Waals surface area contributed by atoms with Gasteiger partial charge in [0.15, 0.2) is 0 Å². The van der Waals surface area contributed by atoms with Gasteiger partial charge in [0.05, 0.1) is 37.5 Å². The monoisotopic (exact) mass is 441 g/mol. The van der Waals surface area contributed by atoms with Crippen molar-refractivity contribution in [1.82, 2.24) is 15.0 Å². The summed E-state index contributed by atoms with van der Waals surface area (Å²) < 4.78 is 17.0. The van der Waals surface area contributed by atoms with Crippen molar-refractivity contribution in [3.8, 4) is 23.0 Å². The van der Waals surface area contributed by atoms with Crippen LogP contribution in [0.25, 0.3) is 11.4 Å². The molecule has 0 radical (unpaired) electrons. The molecule has 0 unspecified atom stereocenters. The number of rotatable bonds is 18. The Hall–Kier alpha value is -2.21. The molecule has 1 aliphatic rings. The first-order valence-corrected chi connectivity index (χ1v) is 12.5. The number of unbranched alkanes of at least 4 members (excludes halogenated alkanes) is 5. The lowest BCUT2D eigenvalue weighted by Crippen LogP contribution is -2.02. The maximum Gasteiger partial charge on any atom is 0.232 e. The van der Waals surface area contributed by atoms with E-state index >= 15 is 0 Å². The zero-order valence-corrected chi connectivity index (χ0v) is 19.6. The Morgan fingerprint density at radius 3 is 2.22 bits per heavy atom. The summed E-state index contributed by atoms with van der Waals surface area (Å²) in [6.45, 7) is 5.21. The molecule has 6 nitrogen and oxygen atoms in total. The molecule has 176 valence electrons. The molecule has 2 aromatic rings. The van der Waals surface area contributed by atoms with Crippen molar-refractivity contribution in [2.45, 2.75) is 77.6 Å². The van der Waals surface area contributed by atoms with Gasteiger partial charge in [0.1, 0.15) is 11.4 Å². The molecule has 0 spiro atoms. The average molecular weight is 442 g/mol. The maximum atomic E-state index is 5.76. The quantitative estimate of drug-likeness (QED) is 0.255. The number of hydrogen-bond donors (Lipinski definition) is 0. The van der Waals surface area contributed by atoms with Crippen molar-refractivity contribution in [2.24, 2.45) is 5.92 Å². The fourth-order valence-electron chi connectivity index (χ4n) is 3.46. The summed E-state index contributed by atoms with van der Waals surface area (Å²) in [4.78, 5) is 13.3. The van der Waals surface area contributed by atoms with Crippen molar-refractivity contribution in [3.63, 3.8) is 0 Å². The second kappa shape index (κ2) is 14.8. The minimum Gasteiger partial charge on any atom is -0.492 e. The highest BCUT2D eigenvalue weighted by Gasteiger charge is 2.19. The first-order valence-electron chi connectivity index (χ1n) is 12.5. The van der Waals surface area contributed by atoms with Crippen LogP contribution in [0.1, 0.15) is 77.6 Å². The summed E-state index contributed by atoms with van der Waals surface area (Å²) in [6, 6.07) is 3.84. The Labute approximate surface area is 193 Å². The van der Waals surface area contributed by atoms with Crippen LogP contribution in [0.2, 0.25) is 0 Å². The normalized spacial score (nSPS) is 13.3. The van der Waals surface area contributed by atoms with Crippen LogP contribution < -0.4 is 9.47 Å². The van der Waals surface area contributed by atoms with E-state index in [9.17, 15) is 0 Å². The van der Waals surface area contributed by atoms with Crippen LogP contribution in [-0.2, 0) is 4.74 Å². The Kier molecular flexibility index (Phi) is 11.3. The van der Waals surface area contributed by atoms with Gasteiger partial charge < -0.3 is 14.2 Å². The summed E-state index contributed by atoms with van der Waals surface area (Å²) in [7, 11) is 0. The molecule has 1 saturated carbocycles. The number of aromatic nitrogens is 3. The van der Waals surface area contributed by atoms with Gasteiger partial charge in [-0.15, -0.1) is 0 Å². The molecule has 1 fully saturated rings. The van der Waals surface area contributed by atoms with Crippen molar-refractivity contribution < 1.29 is 14.2 Å². The standard InChI is InChI=1S/C26H39N3O3/c1-2-3-15-30-16-8-9-17-31-23-13-14-24(27-19-23)25-20-29-26(21-28-25)32-18-7-5-4-6-10-22-11-12-22/h13-14,19-22H,2-12,15-18H2,1H3. The second-order valence-electron chi connectivity index (χ2n) is 8.64. The zero-order valence-electron chi connectivity index (χ0n) is 19.6. The van der Waals surface area contributed by atoms with Crippen LogP contribution in [0.3, 0.4) is 0 Å². The van der Waals surface area contributed by atoms with E-state index < -0.39 is 0 Å². The molecule has 0 aromatic carbocycles. The fraction of sp³-hybridized carbons (Fsp3) is 0.654. The molecular formula is C26H39N3O3. The predicted molar refractivity (Wildman–Crippen MR) is 127 cm³/mol. The fourth-order valence-corrected chi connectivity index (χ4v) is 3.46. The number of ether oxygens (including phenoxy) is 3. The zero-order chi connectivity index (χ0) is 22.3. The van der Waals surface area contributed by atoms with E-state index in [1.54, 1.807) is 18.6 Å². The van der Waals surface area contributed by atoms with Crippen molar-refractivity contribution >= 4 is 0 Å². The summed E-state index contributed by atoms with van der Waals surface area (Å²) in [5.41, 5.74) is 1.50.